The zero-order chi connectivity index (χ0) is 19.2. The molecule has 0 saturated carbocycles. The van der Waals surface area contributed by atoms with Crippen LogP contribution in [0.2, 0.25) is 0 Å². The molecule has 27 heavy (non-hydrogen) atoms. The largest absolute Gasteiger partial charge is 0.481 e. The molecule has 3 rings (SSSR count). The van der Waals surface area contributed by atoms with Gasteiger partial charge in [-0.25, -0.2) is 9.37 Å². The molecule has 0 aliphatic carbocycles. The van der Waals surface area contributed by atoms with Crippen LogP contribution in [0.5, 0.6) is 0 Å². The van der Waals surface area contributed by atoms with E-state index in [9.17, 15) is 14.0 Å². The number of hydrogen-bond donors (Lipinski definition) is 1. The summed E-state index contributed by atoms with van der Waals surface area (Å²) in [7, 11) is 0. The van der Waals surface area contributed by atoms with Crippen molar-refractivity contribution >= 4 is 23.2 Å². The molecule has 1 amide bonds. The van der Waals surface area contributed by atoms with Gasteiger partial charge in [0.15, 0.2) is 0 Å². The van der Waals surface area contributed by atoms with Crippen LogP contribution >= 0.6 is 11.3 Å². The molecule has 0 radical (unpaired) electrons. The highest BCUT2D eigenvalue weighted by molar-refractivity contribution is 7.09. The Kier molecular flexibility index (Phi) is 6.55. The van der Waals surface area contributed by atoms with Crippen molar-refractivity contribution in [3.63, 3.8) is 0 Å². The summed E-state index contributed by atoms with van der Waals surface area (Å²) >= 11 is 1.51. The van der Waals surface area contributed by atoms with E-state index in [0.717, 1.165) is 35.7 Å². The van der Waals surface area contributed by atoms with Gasteiger partial charge in [-0.2, -0.15) is 0 Å². The van der Waals surface area contributed by atoms with E-state index < -0.39 is 5.97 Å². The Morgan fingerprint density at radius 1 is 1.30 bits per heavy atom. The molecule has 2 aromatic rings. The molecule has 1 N–H and O–H groups in total. The van der Waals surface area contributed by atoms with E-state index in [4.69, 9.17) is 5.11 Å². The summed E-state index contributed by atoms with van der Waals surface area (Å²) in [5.74, 6) is -0.723. The molecule has 1 fully saturated rings. The number of rotatable bonds is 7. The summed E-state index contributed by atoms with van der Waals surface area (Å²) in [4.78, 5) is 29.7. The Hall–Kier alpha value is -2.28. The normalized spacial score (nSPS) is 17.1. The fourth-order valence-corrected chi connectivity index (χ4v) is 4.24. The molecule has 1 aromatic carbocycles. The lowest BCUT2D eigenvalue weighted by Gasteiger charge is -2.32. The molecule has 7 heteroatoms. The Bertz CT molecular complexity index is 791. The van der Waals surface area contributed by atoms with Crippen LogP contribution < -0.4 is 0 Å². The molecule has 1 aliphatic rings. The standard InChI is InChI=1S/C20H23FN2O3S/c21-16-6-3-14(4-7-16)10-18-22-17(13-27-18)11-19(24)23-9-1-2-15(12-23)5-8-20(25)26/h3-4,6-7,13,15H,1-2,5,8-12H2,(H,25,26)/t15-/m0/s1. The van der Waals surface area contributed by atoms with Gasteiger partial charge in [-0.3, -0.25) is 9.59 Å². The average Bonchev–Trinajstić information content (AvgIpc) is 3.09. The van der Waals surface area contributed by atoms with Crippen molar-refractivity contribution < 1.29 is 19.1 Å². The number of aliphatic carboxylic acids is 1. The highest BCUT2D eigenvalue weighted by Crippen LogP contribution is 2.22. The first-order chi connectivity index (χ1) is 13.0. The van der Waals surface area contributed by atoms with Crippen molar-refractivity contribution in [1.82, 2.24) is 9.88 Å². The minimum Gasteiger partial charge on any atom is -0.481 e. The molecule has 0 bridgehead atoms. The maximum absolute atomic E-state index is 13.0. The number of likely N-dealkylation sites (tertiary alicyclic amines) is 1. The van der Waals surface area contributed by atoms with Crippen molar-refractivity contribution in [2.45, 2.75) is 38.5 Å². The maximum Gasteiger partial charge on any atom is 0.303 e. The molecule has 1 aliphatic heterocycles. The number of amides is 1. The molecule has 5 nitrogen and oxygen atoms in total. The quantitative estimate of drug-likeness (QED) is 0.785. The fourth-order valence-electron chi connectivity index (χ4n) is 3.41. The van der Waals surface area contributed by atoms with Gasteiger partial charge in [0.1, 0.15) is 5.82 Å². The Morgan fingerprint density at radius 3 is 2.81 bits per heavy atom. The van der Waals surface area contributed by atoms with Crippen molar-refractivity contribution in [3.8, 4) is 0 Å². The third-order valence-electron chi connectivity index (χ3n) is 4.84. The van der Waals surface area contributed by atoms with E-state index in [1.54, 1.807) is 12.1 Å². The second-order valence-electron chi connectivity index (χ2n) is 6.99. The number of aromatic nitrogens is 1. The number of carbonyl (C=O) groups excluding carboxylic acids is 1. The van der Waals surface area contributed by atoms with Crippen LogP contribution in [0.25, 0.3) is 0 Å². The minimum atomic E-state index is -0.783. The lowest BCUT2D eigenvalue weighted by molar-refractivity contribution is -0.137. The number of carboxylic acid groups (broad SMARTS) is 1. The van der Waals surface area contributed by atoms with Gasteiger partial charge in [0.2, 0.25) is 5.91 Å². The number of hydrogen-bond acceptors (Lipinski definition) is 4. The van der Waals surface area contributed by atoms with Crippen molar-refractivity contribution in [3.05, 3.63) is 51.7 Å². The lowest BCUT2D eigenvalue weighted by atomic mass is 9.93. The smallest absolute Gasteiger partial charge is 0.303 e. The molecule has 1 aromatic heterocycles. The first-order valence-corrected chi connectivity index (χ1v) is 10.0. The molecule has 0 spiro atoms. The Labute approximate surface area is 161 Å². The predicted octanol–water partition coefficient (Wildman–Crippen LogP) is 3.52. The van der Waals surface area contributed by atoms with Gasteiger partial charge in [0.25, 0.3) is 0 Å². The van der Waals surface area contributed by atoms with Crippen molar-refractivity contribution in [2.75, 3.05) is 13.1 Å². The van der Waals surface area contributed by atoms with Crippen LogP contribution in [0.15, 0.2) is 29.6 Å². The second-order valence-corrected chi connectivity index (χ2v) is 7.94. The Morgan fingerprint density at radius 2 is 2.07 bits per heavy atom. The molecular weight excluding hydrogens is 367 g/mol. The van der Waals surface area contributed by atoms with E-state index in [-0.39, 0.29) is 30.5 Å². The van der Waals surface area contributed by atoms with Crippen LogP contribution in [0.4, 0.5) is 4.39 Å². The van der Waals surface area contributed by atoms with E-state index >= 15 is 0 Å². The van der Waals surface area contributed by atoms with Gasteiger partial charge >= 0.3 is 5.97 Å². The summed E-state index contributed by atoms with van der Waals surface area (Å²) in [6.45, 7) is 1.37. The lowest BCUT2D eigenvalue weighted by Crippen LogP contribution is -2.40. The fraction of sp³-hybridized carbons (Fsp3) is 0.450. The predicted molar refractivity (Wildman–Crippen MR) is 101 cm³/mol. The van der Waals surface area contributed by atoms with Gasteiger partial charge in [0, 0.05) is 31.3 Å². The zero-order valence-electron chi connectivity index (χ0n) is 15.1. The minimum absolute atomic E-state index is 0.0497. The number of benzene rings is 1. The first kappa shape index (κ1) is 19.5. The maximum atomic E-state index is 13.0. The number of nitrogens with zero attached hydrogens (tertiary/aromatic N) is 2. The molecule has 1 saturated heterocycles. The highest BCUT2D eigenvalue weighted by atomic mass is 32.1. The van der Waals surface area contributed by atoms with E-state index in [2.05, 4.69) is 4.98 Å². The summed E-state index contributed by atoms with van der Waals surface area (Å²) in [5.41, 5.74) is 1.75. The summed E-state index contributed by atoms with van der Waals surface area (Å²) in [6.07, 6.45) is 3.58. The third-order valence-corrected chi connectivity index (χ3v) is 5.74. The van der Waals surface area contributed by atoms with Gasteiger partial charge in [-0.15, -0.1) is 11.3 Å². The number of carboxylic acids is 1. The van der Waals surface area contributed by atoms with Gasteiger partial charge in [-0.05, 0) is 42.9 Å². The molecule has 2 heterocycles. The summed E-state index contributed by atoms with van der Waals surface area (Å²) < 4.78 is 13.0. The zero-order valence-corrected chi connectivity index (χ0v) is 15.9. The Balaban J connectivity index is 1.52. The number of carbonyl (C=O) groups is 2. The number of piperidine rings is 1. The SMILES string of the molecule is O=C(O)CC[C@@H]1CCCN(C(=O)Cc2csc(Cc3ccc(F)cc3)n2)C1. The molecule has 1 atom stereocenters. The topological polar surface area (TPSA) is 70.5 Å². The van der Waals surface area contributed by atoms with Crippen LogP contribution in [0.3, 0.4) is 0 Å². The van der Waals surface area contributed by atoms with Crippen LogP contribution in [0, 0.1) is 11.7 Å². The van der Waals surface area contributed by atoms with E-state index in [1.165, 1.54) is 23.5 Å². The van der Waals surface area contributed by atoms with Crippen LogP contribution in [-0.2, 0) is 22.4 Å². The second kappa shape index (κ2) is 9.08. The number of thiazole rings is 1. The van der Waals surface area contributed by atoms with E-state index in [0.29, 0.717) is 19.4 Å². The van der Waals surface area contributed by atoms with Crippen molar-refractivity contribution in [2.24, 2.45) is 5.92 Å². The number of halogens is 1. The highest BCUT2D eigenvalue weighted by Gasteiger charge is 2.24. The van der Waals surface area contributed by atoms with E-state index in [1.807, 2.05) is 10.3 Å². The third kappa shape index (κ3) is 5.85. The average molecular weight is 390 g/mol. The monoisotopic (exact) mass is 390 g/mol. The van der Waals surface area contributed by atoms with Crippen LogP contribution in [0.1, 0.15) is 41.9 Å². The summed E-state index contributed by atoms with van der Waals surface area (Å²) in [6, 6.07) is 6.36. The molecular formula is C20H23FN2O3S. The first-order valence-electron chi connectivity index (χ1n) is 9.17. The van der Waals surface area contributed by atoms with Crippen LogP contribution in [-0.4, -0.2) is 40.0 Å². The molecule has 144 valence electrons. The van der Waals surface area contributed by atoms with Gasteiger partial charge in [-0.1, -0.05) is 12.1 Å². The van der Waals surface area contributed by atoms with Gasteiger partial charge in [0.05, 0.1) is 17.1 Å². The van der Waals surface area contributed by atoms with Crippen molar-refractivity contribution in [1.29, 1.82) is 0 Å². The van der Waals surface area contributed by atoms with Gasteiger partial charge < -0.3 is 10.0 Å². The summed E-state index contributed by atoms with van der Waals surface area (Å²) in [5, 5.41) is 11.6. The molecule has 0 unspecified atom stereocenters.